The molecule has 0 aromatic carbocycles. The van der Waals surface area contributed by atoms with Crippen molar-refractivity contribution in [3.63, 3.8) is 0 Å². The fraction of sp³-hybridized carbons (Fsp3) is 0.333. The molecule has 1 N–H and O–H groups in total. The lowest BCUT2D eigenvalue weighted by Crippen LogP contribution is -2.07. The molecule has 0 saturated carbocycles. The minimum Gasteiger partial charge on any atom is -0.369 e. The number of rotatable bonds is 4. The smallest absolute Gasteiger partial charge is 0.171 e. The van der Waals surface area contributed by atoms with Crippen LogP contribution in [-0.2, 0) is 6.42 Å². The summed E-state index contributed by atoms with van der Waals surface area (Å²) in [5.41, 5.74) is 1.07. The predicted molar refractivity (Wildman–Crippen MR) is 86.6 cm³/mol. The van der Waals surface area contributed by atoms with Gasteiger partial charge in [0.25, 0.3) is 0 Å². The van der Waals surface area contributed by atoms with Crippen molar-refractivity contribution in [2.75, 3.05) is 11.9 Å². The number of thiophene rings is 1. The predicted octanol–water partition coefficient (Wildman–Crippen LogP) is 4.46. The van der Waals surface area contributed by atoms with Crippen LogP contribution in [0.5, 0.6) is 0 Å². The van der Waals surface area contributed by atoms with E-state index in [0.717, 1.165) is 43.1 Å². The lowest BCUT2D eigenvalue weighted by molar-refractivity contribution is 0.985. The average Bonchev–Trinajstić information content (AvgIpc) is 2.79. The monoisotopic (exact) mass is 393 g/mol. The molecular weight excluding hydrogens is 381 g/mol. The number of anilines is 1. The SMILES string of the molecule is CCNc1nc(-c2ccc(Cl)s2)nc(CC)c1I. The highest BCUT2D eigenvalue weighted by atomic mass is 127. The summed E-state index contributed by atoms with van der Waals surface area (Å²) < 4.78 is 1.86. The largest absolute Gasteiger partial charge is 0.369 e. The second kappa shape index (κ2) is 6.16. The molecule has 3 nitrogen and oxygen atoms in total. The number of aryl methyl sites for hydroxylation is 1. The van der Waals surface area contributed by atoms with Crippen molar-refractivity contribution in [2.24, 2.45) is 0 Å². The lowest BCUT2D eigenvalue weighted by Gasteiger charge is -2.10. The van der Waals surface area contributed by atoms with Gasteiger partial charge in [-0.25, -0.2) is 9.97 Å². The summed E-state index contributed by atoms with van der Waals surface area (Å²) in [6.07, 6.45) is 0.894. The van der Waals surface area contributed by atoms with E-state index in [-0.39, 0.29) is 0 Å². The number of aromatic nitrogens is 2. The van der Waals surface area contributed by atoms with Crippen molar-refractivity contribution in [3.8, 4) is 10.7 Å². The first kappa shape index (κ1) is 14.0. The zero-order chi connectivity index (χ0) is 13.1. The van der Waals surface area contributed by atoms with E-state index in [4.69, 9.17) is 11.6 Å². The molecule has 2 heterocycles. The molecule has 0 saturated heterocycles. The summed E-state index contributed by atoms with van der Waals surface area (Å²) >= 11 is 9.76. The van der Waals surface area contributed by atoms with Gasteiger partial charge in [-0.1, -0.05) is 18.5 Å². The topological polar surface area (TPSA) is 37.8 Å². The highest BCUT2D eigenvalue weighted by Gasteiger charge is 2.13. The summed E-state index contributed by atoms with van der Waals surface area (Å²) in [4.78, 5) is 10.2. The van der Waals surface area contributed by atoms with Gasteiger partial charge in [0.2, 0.25) is 0 Å². The summed E-state index contributed by atoms with van der Waals surface area (Å²) in [6, 6.07) is 3.84. The van der Waals surface area contributed by atoms with Gasteiger partial charge in [0.1, 0.15) is 5.82 Å². The molecule has 0 fully saturated rings. The molecule has 0 aliphatic heterocycles. The Kier molecular flexibility index (Phi) is 4.80. The molecule has 0 atom stereocenters. The highest BCUT2D eigenvalue weighted by molar-refractivity contribution is 14.1. The summed E-state index contributed by atoms with van der Waals surface area (Å²) in [5.74, 6) is 1.66. The molecule has 0 spiro atoms. The summed E-state index contributed by atoms with van der Waals surface area (Å²) in [7, 11) is 0. The third kappa shape index (κ3) is 2.95. The van der Waals surface area contributed by atoms with Crippen LogP contribution in [0.25, 0.3) is 10.7 Å². The number of halogens is 2. The van der Waals surface area contributed by atoms with E-state index in [1.165, 1.54) is 11.3 Å². The summed E-state index contributed by atoms with van der Waals surface area (Å²) in [5, 5.41) is 3.28. The van der Waals surface area contributed by atoms with Crippen LogP contribution in [0.3, 0.4) is 0 Å². The van der Waals surface area contributed by atoms with Gasteiger partial charge in [0.05, 0.1) is 18.5 Å². The summed E-state index contributed by atoms with van der Waals surface area (Å²) in [6.45, 7) is 5.01. The standard InChI is InChI=1S/C12H13ClIN3S/c1-3-7-10(14)12(15-4-2)17-11(16-7)8-5-6-9(13)18-8/h5-6H,3-4H2,1-2H3,(H,15,16,17). The average molecular weight is 394 g/mol. The fourth-order valence-electron chi connectivity index (χ4n) is 1.56. The van der Waals surface area contributed by atoms with Crippen LogP contribution < -0.4 is 5.32 Å². The zero-order valence-corrected chi connectivity index (χ0v) is 13.9. The number of hydrogen-bond acceptors (Lipinski definition) is 4. The maximum Gasteiger partial charge on any atom is 0.171 e. The van der Waals surface area contributed by atoms with Gasteiger partial charge >= 0.3 is 0 Å². The van der Waals surface area contributed by atoms with E-state index < -0.39 is 0 Å². The Morgan fingerprint density at radius 2 is 2.11 bits per heavy atom. The van der Waals surface area contributed by atoms with E-state index in [9.17, 15) is 0 Å². The van der Waals surface area contributed by atoms with Crippen molar-refractivity contribution in [1.29, 1.82) is 0 Å². The van der Waals surface area contributed by atoms with Gasteiger partial charge in [0, 0.05) is 6.54 Å². The van der Waals surface area contributed by atoms with Crippen LogP contribution in [0.1, 0.15) is 19.5 Å². The quantitative estimate of drug-likeness (QED) is 0.780. The van der Waals surface area contributed by atoms with Crippen LogP contribution in [0.4, 0.5) is 5.82 Å². The third-order valence-electron chi connectivity index (χ3n) is 2.39. The zero-order valence-electron chi connectivity index (χ0n) is 10.1. The van der Waals surface area contributed by atoms with Crippen molar-refractivity contribution in [2.45, 2.75) is 20.3 Å². The molecular formula is C12H13ClIN3S. The second-order valence-corrected chi connectivity index (χ2v) is 6.44. The Balaban J connectivity index is 2.51. The molecule has 2 aromatic heterocycles. The van der Waals surface area contributed by atoms with Crippen LogP contribution in [-0.4, -0.2) is 16.5 Å². The van der Waals surface area contributed by atoms with Crippen molar-refractivity contribution in [3.05, 3.63) is 25.7 Å². The van der Waals surface area contributed by atoms with Gasteiger partial charge in [-0.15, -0.1) is 11.3 Å². The molecule has 18 heavy (non-hydrogen) atoms. The molecule has 96 valence electrons. The van der Waals surface area contributed by atoms with Crippen molar-refractivity contribution in [1.82, 2.24) is 9.97 Å². The van der Waals surface area contributed by atoms with Gasteiger partial charge in [-0.05, 0) is 48.1 Å². The molecule has 0 radical (unpaired) electrons. The van der Waals surface area contributed by atoms with Crippen LogP contribution in [0, 0.1) is 3.57 Å². The Morgan fingerprint density at radius 3 is 2.67 bits per heavy atom. The maximum absolute atomic E-state index is 5.96. The Morgan fingerprint density at radius 1 is 1.33 bits per heavy atom. The lowest BCUT2D eigenvalue weighted by atomic mass is 10.3. The molecule has 0 aliphatic carbocycles. The molecule has 2 aromatic rings. The number of hydrogen-bond donors (Lipinski definition) is 1. The van der Waals surface area contributed by atoms with Gasteiger partial charge in [-0.2, -0.15) is 0 Å². The Bertz CT molecular complexity index is 556. The van der Waals surface area contributed by atoms with Crippen molar-refractivity contribution < 1.29 is 0 Å². The molecule has 2 rings (SSSR count). The molecule has 0 unspecified atom stereocenters. The highest BCUT2D eigenvalue weighted by Crippen LogP contribution is 2.31. The molecule has 0 bridgehead atoms. The Labute approximate surface area is 129 Å². The first-order valence-corrected chi connectivity index (χ1v) is 7.99. The van der Waals surface area contributed by atoms with Gasteiger partial charge < -0.3 is 5.32 Å². The fourth-order valence-corrected chi connectivity index (χ4v) is 3.35. The third-order valence-corrected chi connectivity index (χ3v) is 4.75. The van der Waals surface area contributed by atoms with Gasteiger partial charge in [0.15, 0.2) is 5.82 Å². The van der Waals surface area contributed by atoms with Gasteiger partial charge in [-0.3, -0.25) is 0 Å². The second-order valence-electron chi connectivity index (χ2n) is 3.64. The van der Waals surface area contributed by atoms with E-state index in [2.05, 4.69) is 51.7 Å². The van der Waals surface area contributed by atoms with Crippen molar-refractivity contribution >= 4 is 51.3 Å². The minimum atomic E-state index is 0.750. The number of nitrogens with one attached hydrogen (secondary N) is 1. The molecule has 6 heteroatoms. The molecule has 0 amide bonds. The first-order chi connectivity index (χ1) is 8.65. The van der Waals surface area contributed by atoms with Crippen LogP contribution in [0.2, 0.25) is 4.34 Å². The first-order valence-electron chi connectivity index (χ1n) is 5.71. The van der Waals surface area contributed by atoms with E-state index in [0.29, 0.717) is 0 Å². The molecule has 0 aliphatic rings. The normalized spacial score (nSPS) is 10.7. The van der Waals surface area contributed by atoms with E-state index in [1.54, 1.807) is 0 Å². The minimum absolute atomic E-state index is 0.750. The van der Waals surface area contributed by atoms with Crippen LogP contribution in [0.15, 0.2) is 12.1 Å². The maximum atomic E-state index is 5.96. The van der Waals surface area contributed by atoms with E-state index in [1.807, 2.05) is 12.1 Å². The van der Waals surface area contributed by atoms with Crippen LogP contribution >= 0.6 is 45.5 Å². The van der Waals surface area contributed by atoms with E-state index >= 15 is 0 Å². The Hall–Kier alpha value is -0.400. The number of nitrogens with zero attached hydrogens (tertiary/aromatic N) is 2.